The zero-order valence-corrected chi connectivity index (χ0v) is 11.5. The molecule has 0 aliphatic heterocycles. The molecular weight excluding hydrogens is 268 g/mol. The van der Waals surface area contributed by atoms with Crippen LogP contribution in [0.4, 0.5) is 0 Å². The lowest BCUT2D eigenvalue weighted by molar-refractivity contribution is -0.308. The van der Waals surface area contributed by atoms with Gasteiger partial charge in [-0.25, -0.2) is 4.98 Å². The van der Waals surface area contributed by atoms with Crippen LogP contribution >= 0.6 is 11.8 Å². The first-order chi connectivity index (χ1) is 9.10. The van der Waals surface area contributed by atoms with Crippen molar-refractivity contribution in [2.24, 2.45) is 0 Å². The van der Waals surface area contributed by atoms with Crippen molar-refractivity contribution in [3.63, 3.8) is 0 Å². The Morgan fingerprint density at radius 2 is 2.32 bits per heavy atom. The van der Waals surface area contributed by atoms with Crippen LogP contribution in [0.1, 0.15) is 16.8 Å². The molecule has 0 fully saturated rings. The van der Waals surface area contributed by atoms with Gasteiger partial charge >= 0.3 is 0 Å². The summed E-state index contributed by atoms with van der Waals surface area (Å²) in [6.07, 6.45) is 3.65. The van der Waals surface area contributed by atoms with Gasteiger partial charge in [0.15, 0.2) is 0 Å². The molecule has 19 heavy (non-hydrogen) atoms. The van der Waals surface area contributed by atoms with Gasteiger partial charge in [0, 0.05) is 6.20 Å². The van der Waals surface area contributed by atoms with E-state index in [0.717, 1.165) is 0 Å². The molecule has 0 radical (unpaired) electrons. The number of pyridine rings is 1. The number of rotatable bonds is 7. The van der Waals surface area contributed by atoms with Crippen LogP contribution < -0.4 is 15.2 Å². The average molecular weight is 283 g/mol. The summed E-state index contributed by atoms with van der Waals surface area (Å²) >= 11 is 1.50. The minimum absolute atomic E-state index is 0.155. The molecule has 0 spiro atoms. The van der Waals surface area contributed by atoms with Crippen LogP contribution in [0.25, 0.3) is 0 Å². The number of aliphatic carboxylic acids is 1. The first kappa shape index (κ1) is 15.3. The first-order valence-corrected chi connectivity index (χ1v) is 6.99. The molecule has 0 aliphatic carbocycles. The molecule has 0 saturated heterocycles. The highest BCUT2D eigenvalue weighted by Crippen LogP contribution is 2.13. The highest BCUT2D eigenvalue weighted by molar-refractivity contribution is 7.98. The summed E-state index contributed by atoms with van der Waals surface area (Å²) in [5.41, 5.74) is 0.195. The maximum atomic E-state index is 12.0. The maximum absolute atomic E-state index is 12.0. The minimum Gasteiger partial charge on any atom is -0.548 e. The number of aromatic nitrogens is 1. The molecule has 0 saturated carbocycles. The summed E-state index contributed by atoms with van der Waals surface area (Å²) in [5, 5.41) is 13.4. The Labute approximate surface area is 115 Å². The molecule has 0 bridgehead atoms. The van der Waals surface area contributed by atoms with E-state index in [0.29, 0.717) is 12.2 Å². The van der Waals surface area contributed by atoms with Crippen LogP contribution in [0.15, 0.2) is 18.3 Å². The second-order valence-electron chi connectivity index (χ2n) is 3.69. The second-order valence-corrected chi connectivity index (χ2v) is 4.67. The van der Waals surface area contributed by atoms with E-state index in [1.807, 2.05) is 6.26 Å². The van der Waals surface area contributed by atoms with Gasteiger partial charge in [-0.1, -0.05) is 0 Å². The number of amides is 1. The lowest BCUT2D eigenvalue weighted by Crippen LogP contribution is -2.48. The highest BCUT2D eigenvalue weighted by atomic mass is 32.2. The smallest absolute Gasteiger partial charge is 0.257 e. The first-order valence-electron chi connectivity index (χ1n) is 5.59. The lowest BCUT2D eigenvalue weighted by Gasteiger charge is -2.19. The lowest BCUT2D eigenvalue weighted by atomic mass is 10.2. The van der Waals surface area contributed by atoms with Crippen molar-refractivity contribution in [2.75, 3.05) is 19.1 Å². The van der Waals surface area contributed by atoms with Gasteiger partial charge in [0.2, 0.25) is 5.88 Å². The monoisotopic (exact) mass is 283 g/mol. The fraction of sp³-hybridized carbons (Fsp3) is 0.417. The Morgan fingerprint density at radius 3 is 2.89 bits per heavy atom. The van der Waals surface area contributed by atoms with Crippen LogP contribution in [0.3, 0.4) is 0 Å². The Balaban J connectivity index is 2.78. The number of ether oxygens (including phenoxy) is 1. The number of carbonyl (C=O) groups excluding carboxylic acids is 2. The molecule has 104 valence electrons. The van der Waals surface area contributed by atoms with E-state index in [1.165, 1.54) is 31.1 Å². The average Bonchev–Trinajstić information content (AvgIpc) is 2.42. The molecular formula is C12H15N2O4S-. The van der Waals surface area contributed by atoms with Gasteiger partial charge in [-0.3, -0.25) is 4.79 Å². The number of carboxylic acid groups (broad SMARTS) is 1. The summed E-state index contributed by atoms with van der Waals surface area (Å²) in [6.45, 7) is 0. The van der Waals surface area contributed by atoms with Crippen molar-refractivity contribution in [2.45, 2.75) is 12.5 Å². The van der Waals surface area contributed by atoms with Gasteiger partial charge in [0.25, 0.3) is 5.91 Å². The van der Waals surface area contributed by atoms with Gasteiger partial charge in [-0.15, -0.1) is 0 Å². The molecule has 1 aromatic heterocycles. The molecule has 7 heteroatoms. The van der Waals surface area contributed by atoms with Crippen molar-refractivity contribution in [3.8, 4) is 5.88 Å². The zero-order chi connectivity index (χ0) is 14.3. The van der Waals surface area contributed by atoms with Gasteiger partial charge in [0.1, 0.15) is 5.56 Å². The summed E-state index contributed by atoms with van der Waals surface area (Å²) in [4.78, 5) is 26.8. The van der Waals surface area contributed by atoms with Crippen molar-refractivity contribution in [1.82, 2.24) is 10.3 Å². The van der Waals surface area contributed by atoms with E-state index in [4.69, 9.17) is 4.74 Å². The molecule has 1 amide bonds. The predicted octanol–water partition coefficient (Wildman–Crippen LogP) is -0.308. The highest BCUT2D eigenvalue weighted by Gasteiger charge is 2.18. The van der Waals surface area contributed by atoms with Gasteiger partial charge in [-0.05, 0) is 30.6 Å². The number of nitrogens with one attached hydrogen (secondary N) is 1. The number of methoxy groups -OCH3 is 1. The molecule has 1 atom stereocenters. The molecule has 0 unspecified atom stereocenters. The standard InChI is InChI=1S/C12H16N2O4S/c1-18-11-8(4-3-6-13-11)10(15)14-9(12(16)17)5-7-19-2/h3-4,6,9H,5,7H2,1-2H3,(H,14,15)(H,16,17)/p-1/t9-/m0/s1. The van der Waals surface area contributed by atoms with Crippen molar-refractivity contribution < 1.29 is 19.4 Å². The Kier molecular flexibility index (Phi) is 6.14. The second kappa shape index (κ2) is 7.63. The quantitative estimate of drug-likeness (QED) is 0.738. The summed E-state index contributed by atoms with van der Waals surface area (Å²) in [5.74, 6) is -1.07. The fourth-order valence-electron chi connectivity index (χ4n) is 1.45. The maximum Gasteiger partial charge on any atom is 0.257 e. The molecule has 1 rings (SSSR count). The number of carboxylic acids is 1. The normalized spacial score (nSPS) is 11.7. The van der Waals surface area contributed by atoms with Crippen molar-refractivity contribution >= 4 is 23.6 Å². The van der Waals surface area contributed by atoms with Crippen LogP contribution in [0.2, 0.25) is 0 Å². The van der Waals surface area contributed by atoms with E-state index in [9.17, 15) is 14.7 Å². The summed E-state index contributed by atoms with van der Waals surface area (Å²) < 4.78 is 4.95. The van der Waals surface area contributed by atoms with Crippen LogP contribution in [-0.2, 0) is 4.79 Å². The van der Waals surface area contributed by atoms with E-state index in [2.05, 4.69) is 10.3 Å². The Hall–Kier alpha value is -1.76. The van der Waals surface area contributed by atoms with Crippen LogP contribution in [0.5, 0.6) is 5.88 Å². The van der Waals surface area contributed by atoms with Crippen molar-refractivity contribution in [1.29, 1.82) is 0 Å². The van der Waals surface area contributed by atoms with E-state index >= 15 is 0 Å². The zero-order valence-electron chi connectivity index (χ0n) is 10.7. The molecule has 1 N–H and O–H groups in total. The third kappa shape index (κ3) is 4.44. The number of hydrogen-bond donors (Lipinski definition) is 1. The third-order valence-electron chi connectivity index (χ3n) is 2.41. The topological polar surface area (TPSA) is 91.3 Å². The van der Waals surface area contributed by atoms with E-state index in [-0.39, 0.29) is 11.4 Å². The third-order valence-corrected chi connectivity index (χ3v) is 3.05. The molecule has 1 heterocycles. The Morgan fingerprint density at radius 1 is 1.58 bits per heavy atom. The largest absolute Gasteiger partial charge is 0.548 e. The van der Waals surface area contributed by atoms with Gasteiger partial charge < -0.3 is 20.0 Å². The summed E-state index contributed by atoms with van der Waals surface area (Å²) in [6, 6.07) is 2.07. The molecule has 6 nitrogen and oxygen atoms in total. The van der Waals surface area contributed by atoms with Gasteiger partial charge in [0.05, 0.1) is 19.1 Å². The predicted molar refractivity (Wildman–Crippen MR) is 70.0 cm³/mol. The molecule has 0 aliphatic rings. The Bertz CT molecular complexity index is 453. The fourth-order valence-corrected chi connectivity index (χ4v) is 1.92. The van der Waals surface area contributed by atoms with Crippen LogP contribution in [-0.4, -0.2) is 42.0 Å². The number of thioether (sulfide) groups is 1. The van der Waals surface area contributed by atoms with E-state index < -0.39 is 17.9 Å². The number of hydrogen-bond acceptors (Lipinski definition) is 6. The van der Waals surface area contributed by atoms with E-state index in [1.54, 1.807) is 6.07 Å². The van der Waals surface area contributed by atoms with Gasteiger partial charge in [-0.2, -0.15) is 11.8 Å². The number of nitrogens with zero attached hydrogens (tertiary/aromatic N) is 1. The van der Waals surface area contributed by atoms with Crippen molar-refractivity contribution in [3.05, 3.63) is 23.9 Å². The number of carbonyl (C=O) groups is 2. The summed E-state index contributed by atoms with van der Waals surface area (Å²) in [7, 11) is 1.39. The van der Waals surface area contributed by atoms with Crippen LogP contribution in [0, 0.1) is 0 Å². The SMILES string of the molecule is COc1ncccc1C(=O)N[C@@H](CCSC)C(=O)[O-]. The molecule has 1 aromatic rings. The molecule has 0 aromatic carbocycles. The minimum atomic E-state index is -1.30.